The van der Waals surface area contributed by atoms with Gasteiger partial charge in [0.15, 0.2) is 23.7 Å². The highest BCUT2D eigenvalue weighted by molar-refractivity contribution is 7.22. The van der Waals surface area contributed by atoms with E-state index in [1.54, 1.807) is 0 Å². The molecule has 1 unspecified atom stereocenters. The van der Waals surface area contributed by atoms with Crippen LogP contribution in [0.3, 0.4) is 0 Å². The summed E-state index contributed by atoms with van der Waals surface area (Å²) in [6.07, 6.45) is -19.1. The number of aryl methyl sites for hydroxylation is 1. The van der Waals surface area contributed by atoms with Crippen LogP contribution < -0.4 is 20.7 Å². The number of thiophene rings is 1. The second-order valence-corrected chi connectivity index (χ2v) is 10.3. The summed E-state index contributed by atoms with van der Waals surface area (Å²) in [5.41, 5.74) is -2.86. The Balaban J connectivity index is 1.84. The Hall–Kier alpha value is -3.70. The highest BCUT2D eigenvalue weighted by Gasteiger charge is 2.39. The van der Waals surface area contributed by atoms with E-state index in [0.29, 0.717) is 28.0 Å². The molecule has 4 rings (SSSR count). The molecule has 2 N–H and O–H groups in total. The molecule has 4 aromatic rings. The van der Waals surface area contributed by atoms with Gasteiger partial charge in [0, 0.05) is 10.4 Å². The fraction of sp³-hybridized carbons (Fsp3) is 0.280. The SMILES string of the molecule is Cc1c(-c2ccc(OC(c3ccc(Cl)c(F)c3)C(F)F)c(OC(F)(F)F)c2)sc2c1c(=O)[nH]c(=O)n2C[C@@H](O)C(F)(F)F. The van der Waals surface area contributed by atoms with Gasteiger partial charge in [-0.05, 0) is 48.4 Å². The van der Waals surface area contributed by atoms with Gasteiger partial charge in [0.05, 0.1) is 17.0 Å². The molecular formula is C25H16ClF9N2O5S. The average molecular weight is 663 g/mol. The van der Waals surface area contributed by atoms with Crippen molar-refractivity contribution in [2.45, 2.75) is 44.6 Å². The van der Waals surface area contributed by atoms with Crippen LogP contribution in [-0.2, 0) is 6.54 Å². The number of hydrogen-bond donors (Lipinski definition) is 2. The number of halogens is 10. The lowest BCUT2D eigenvalue weighted by Crippen LogP contribution is -2.38. The van der Waals surface area contributed by atoms with Gasteiger partial charge in [-0.3, -0.25) is 14.3 Å². The molecule has 2 atom stereocenters. The fourth-order valence-electron chi connectivity index (χ4n) is 4.03. The van der Waals surface area contributed by atoms with E-state index < -0.39 is 76.9 Å². The summed E-state index contributed by atoms with van der Waals surface area (Å²) in [5, 5.41) is 8.81. The van der Waals surface area contributed by atoms with Crippen LogP contribution in [-0.4, -0.2) is 39.7 Å². The van der Waals surface area contributed by atoms with Crippen molar-refractivity contribution >= 4 is 33.2 Å². The van der Waals surface area contributed by atoms with Crippen molar-refractivity contribution in [2.75, 3.05) is 0 Å². The number of hydrogen-bond acceptors (Lipinski definition) is 6. The number of alkyl halides is 8. The van der Waals surface area contributed by atoms with Crippen LogP contribution in [0, 0.1) is 12.7 Å². The quantitative estimate of drug-likeness (QED) is 0.204. The third-order valence-electron chi connectivity index (χ3n) is 5.99. The summed E-state index contributed by atoms with van der Waals surface area (Å²) in [7, 11) is 0. The summed E-state index contributed by atoms with van der Waals surface area (Å²) >= 11 is 6.11. The van der Waals surface area contributed by atoms with E-state index in [4.69, 9.17) is 16.3 Å². The number of aromatic amines is 1. The Kier molecular flexibility index (Phi) is 8.82. The van der Waals surface area contributed by atoms with Crippen molar-refractivity contribution in [3.63, 3.8) is 0 Å². The number of nitrogens with one attached hydrogen (secondary N) is 1. The molecule has 0 fully saturated rings. The standard InChI is InChI=1S/C25H16ClF9N2O5S/c1-9-17-21(39)36-23(40)37(8-16(38)24(30,31)32)22(17)43-19(9)11-3-5-14(15(7-11)42-25(33,34)35)41-18(20(28)29)10-2-4-12(26)13(27)6-10/h2-7,16,18,20,38H,8H2,1H3,(H,36,39,40)/t16-,18?/m1/s1. The minimum Gasteiger partial charge on any atom is -0.476 e. The van der Waals surface area contributed by atoms with Gasteiger partial charge in [-0.25, -0.2) is 18.0 Å². The smallest absolute Gasteiger partial charge is 0.476 e. The lowest BCUT2D eigenvalue weighted by molar-refractivity contribution is -0.275. The second kappa shape index (κ2) is 11.8. The first kappa shape index (κ1) is 32.2. The van der Waals surface area contributed by atoms with Gasteiger partial charge in [-0.15, -0.1) is 24.5 Å². The van der Waals surface area contributed by atoms with E-state index >= 15 is 0 Å². The van der Waals surface area contributed by atoms with Crippen LogP contribution >= 0.6 is 22.9 Å². The second-order valence-electron chi connectivity index (χ2n) is 8.92. The largest absolute Gasteiger partial charge is 0.573 e. The predicted molar refractivity (Wildman–Crippen MR) is 136 cm³/mol. The van der Waals surface area contributed by atoms with Crippen LogP contribution in [0.1, 0.15) is 17.2 Å². The number of aliphatic hydroxyl groups excluding tert-OH is 1. The molecule has 0 spiro atoms. The first-order valence-electron chi connectivity index (χ1n) is 11.7. The molecule has 0 radical (unpaired) electrons. The maximum Gasteiger partial charge on any atom is 0.573 e. The Labute approximate surface area is 242 Å². The lowest BCUT2D eigenvalue weighted by Gasteiger charge is -2.22. The normalized spacial score (nSPS) is 13.9. The number of aromatic nitrogens is 2. The summed E-state index contributed by atoms with van der Waals surface area (Å²) in [6, 6.07) is 5.17. The maximum absolute atomic E-state index is 13.9. The van der Waals surface area contributed by atoms with E-state index in [2.05, 4.69) is 4.74 Å². The van der Waals surface area contributed by atoms with Crippen molar-refractivity contribution in [2.24, 2.45) is 0 Å². The van der Waals surface area contributed by atoms with Gasteiger partial charge in [-0.2, -0.15) is 13.2 Å². The van der Waals surface area contributed by atoms with E-state index in [-0.39, 0.29) is 26.2 Å². The number of nitrogens with zero attached hydrogens (tertiary/aromatic N) is 1. The Morgan fingerprint density at radius 3 is 2.30 bits per heavy atom. The zero-order chi connectivity index (χ0) is 32.0. The summed E-state index contributed by atoms with van der Waals surface area (Å²) in [6.45, 7) is -0.000451. The molecule has 0 saturated carbocycles. The van der Waals surface area contributed by atoms with Gasteiger partial charge in [0.1, 0.15) is 10.6 Å². The molecule has 7 nitrogen and oxygen atoms in total. The Morgan fingerprint density at radius 2 is 1.72 bits per heavy atom. The number of aliphatic hydroxyl groups is 1. The molecule has 2 aromatic carbocycles. The number of benzene rings is 2. The summed E-state index contributed by atoms with van der Waals surface area (Å²) in [5.74, 6) is -3.06. The van der Waals surface area contributed by atoms with Crippen molar-refractivity contribution in [1.82, 2.24) is 9.55 Å². The minimum atomic E-state index is -5.36. The molecule has 0 saturated heterocycles. The highest BCUT2D eigenvalue weighted by atomic mass is 35.5. The zero-order valence-electron chi connectivity index (χ0n) is 21.1. The third kappa shape index (κ3) is 6.94. The predicted octanol–water partition coefficient (Wildman–Crippen LogP) is 6.73. The summed E-state index contributed by atoms with van der Waals surface area (Å²) in [4.78, 5) is 26.3. The van der Waals surface area contributed by atoms with Gasteiger partial charge >= 0.3 is 18.2 Å². The molecule has 2 heterocycles. The van der Waals surface area contributed by atoms with Gasteiger partial charge < -0.3 is 14.6 Å². The molecule has 0 aliphatic carbocycles. The number of rotatable bonds is 8. The molecule has 0 aliphatic heterocycles. The maximum atomic E-state index is 13.9. The zero-order valence-corrected chi connectivity index (χ0v) is 22.7. The number of fused-ring (bicyclic) bond motifs is 1. The molecule has 18 heteroatoms. The topological polar surface area (TPSA) is 93.5 Å². The lowest BCUT2D eigenvalue weighted by atomic mass is 10.1. The molecule has 43 heavy (non-hydrogen) atoms. The molecule has 2 aromatic heterocycles. The molecule has 0 amide bonds. The van der Waals surface area contributed by atoms with Crippen molar-refractivity contribution in [1.29, 1.82) is 0 Å². The van der Waals surface area contributed by atoms with Gasteiger partial charge in [-0.1, -0.05) is 17.7 Å². The van der Waals surface area contributed by atoms with E-state index in [9.17, 15) is 54.2 Å². The molecule has 0 aliphatic rings. The van der Waals surface area contributed by atoms with Crippen LogP contribution in [0.15, 0.2) is 46.0 Å². The first-order chi connectivity index (χ1) is 19.9. The molecule has 0 bridgehead atoms. The molecular weight excluding hydrogens is 647 g/mol. The minimum absolute atomic E-state index is 0.00916. The average Bonchev–Trinajstić information content (AvgIpc) is 3.23. The Bertz CT molecular complexity index is 1780. The van der Waals surface area contributed by atoms with Crippen LogP contribution in [0.5, 0.6) is 11.5 Å². The fourth-order valence-corrected chi connectivity index (χ4v) is 5.46. The van der Waals surface area contributed by atoms with Gasteiger partial charge in [0.25, 0.3) is 12.0 Å². The van der Waals surface area contributed by atoms with Gasteiger partial charge in [0.2, 0.25) is 0 Å². The molecule has 232 valence electrons. The van der Waals surface area contributed by atoms with E-state index in [1.807, 2.05) is 4.98 Å². The van der Waals surface area contributed by atoms with Crippen LogP contribution in [0.4, 0.5) is 39.5 Å². The highest BCUT2D eigenvalue weighted by Crippen LogP contribution is 2.43. The van der Waals surface area contributed by atoms with Crippen LogP contribution in [0.2, 0.25) is 5.02 Å². The van der Waals surface area contributed by atoms with Crippen LogP contribution in [0.25, 0.3) is 20.7 Å². The Morgan fingerprint density at radius 1 is 1.05 bits per heavy atom. The monoisotopic (exact) mass is 662 g/mol. The van der Waals surface area contributed by atoms with E-state index in [1.165, 1.54) is 6.92 Å². The number of ether oxygens (including phenoxy) is 2. The van der Waals surface area contributed by atoms with Crippen molar-refractivity contribution in [3.8, 4) is 21.9 Å². The number of H-pyrrole nitrogens is 1. The first-order valence-corrected chi connectivity index (χ1v) is 12.9. The van der Waals surface area contributed by atoms with Crippen molar-refractivity contribution < 1.29 is 54.1 Å². The third-order valence-corrected chi connectivity index (χ3v) is 7.66. The summed E-state index contributed by atoms with van der Waals surface area (Å²) < 4.78 is 130. The van der Waals surface area contributed by atoms with Crippen molar-refractivity contribution in [3.05, 3.63) is 79.2 Å². The van der Waals surface area contributed by atoms with E-state index in [0.717, 1.165) is 24.3 Å².